The third kappa shape index (κ3) is 3.37. The Balaban J connectivity index is 0.00000243. The van der Waals surface area contributed by atoms with Gasteiger partial charge in [-0.05, 0) is 18.2 Å². The molecule has 1 amide bonds. The third-order valence-electron chi connectivity index (χ3n) is 3.78. The van der Waals surface area contributed by atoms with Gasteiger partial charge in [-0.1, -0.05) is 6.07 Å². The van der Waals surface area contributed by atoms with E-state index in [1.807, 2.05) is 0 Å². The Labute approximate surface area is 171 Å². The number of fused-ring (bicyclic) bond motifs is 1. The van der Waals surface area contributed by atoms with Crippen LogP contribution in [0.25, 0.3) is 6.08 Å². The standard InChI is InChI=1S/C14H12N2O7S2.Na/c1-24(20,21)10-7-25(22,23)13-9(6-8-4-2-3-5-15-8)12(17)16(13)11(10)14(18)19;/h2-6,13H,7H2,1H3,(H,18,19);/q;+1/p-1/b9-6-;. The molecule has 3 rings (SSSR count). The molecule has 0 radical (unpaired) electrons. The summed E-state index contributed by atoms with van der Waals surface area (Å²) in [4.78, 5) is 27.2. The summed E-state index contributed by atoms with van der Waals surface area (Å²) in [6.45, 7) is 0. The van der Waals surface area contributed by atoms with E-state index in [9.17, 15) is 31.5 Å². The molecule has 0 N–H and O–H groups in total. The Morgan fingerprint density at radius 2 is 2.04 bits per heavy atom. The maximum atomic E-state index is 12.4. The monoisotopic (exact) mass is 406 g/mol. The number of sulfone groups is 2. The fraction of sp³-hybridized carbons (Fsp3) is 0.214. The van der Waals surface area contributed by atoms with E-state index < -0.39 is 53.3 Å². The van der Waals surface area contributed by atoms with Gasteiger partial charge in [0, 0.05) is 12.5 Å². The van der Waals surface area contributed by atoms with Crippen LogP contribution >= 0.6 is 0 Å². The molecule has 12 heteroatoms. The molecule has 2 aliphatic heterocycles. The summed E-state index contributed by atoms with van der Waals surface area (Å²) in [6, 6.07) is 4.79. The van der Waals surface area contributed by atoms with Crippen molar-refractivity contribution in [1.82, 2.24) is 9.88 Å². The zero-order chi connectivity index (χ0) is 18.6. The molecule has 1 saturated heterocycles. The molecule has 1 aromatic rings. The number of carbonyl (C=O) groups excluding carboxylic acids is 2. The van der Waals surface area contributed by atoms with E-state index >= 15 is 0 Å². The summed E-state index contributed by atoms with van der Waals surface area (Å²) in [5.74, 6) is -3.85. The van der Waals surface area contributed by atoms with Gasteiger partial charge < -0.3 is 9.90 Å². The van der Waals surface area contributed by atoms with Gasteiger partial charge in [0.1, 0.15) is 0 Å². The molecule has 0 saturated carbocycles. The van der Waals surface area contributed by atoms with Crippen LogP contribution in [0.15, 0.2) is 40.6 Å². The van der Waals surface area contributed by atoms with Crippen molar-refractivity contribution >= 4 is 37.6 Å². The van der Waals surface area contributed by atoms with Crippen LogP contribution in [-0.4, -0.2) is 56.0 Å². The number of carbonyl (C=O) groups is 2. The molecule has 1 fully saturated rings. The molecule has 132 valence electrons. The predicted octanol–water partition coefficient (Wildman–Crippen LogP) is -4.93. The normalized spacial score (nSPS) is 23.1. The molecule has 0 aliphatic carbocycles. The van der Waals surface area contributed by atoms with E-state index in [2.05, 4.69) is 4.98 Å². The van der Waals surface area contributed by atoms with Crippen LogP contribution < -0.4 is 34.7 Å². The van der Waals surface area contributed by atoms with Crippen molar-refractivity contribution in [2.75, 3.05) is 12.0 Å². The Morgan fingerprint density at radius 1 is 1.38 bits per heavy atom. The molecule has 3 heterocycles. The quantitative estimate of drug-likeness (QED) is 0.276. The van der Waals surface area contributed by atoms with Gasteiger partial charge in [0.05, 0.1) is 33.6 Å². The summed E-state index contributed by atoms with van der Waals surface area (Å²) in [5.41, 5.74) is -0.788. The third-order valence-corrected chi connectivity index (χ3v) is 7.03. The molecule has 1 atom stereocenters. The molecule has 2 aliphatic rings. The minimum atomic E-state index is -4.16. The number of carboxylic acid groups (broad SMARTS) is 1. The van der Waals surface area contributed by atoms with Gasteiger partial charge in [-0.2, -0.15) is 0 Å². The Kier molecular flexibility index (Phi) is 5.51. The van der Waals surface area contributed by atoms with Gasteiger partial charge in [-0.15, -0.1) is 0 Å². The van der Waals surface area contributed by atoms with Crippen molar-refractivity contribution in [2.45, 2.75) is 5.37 Å². The molecule has 1 aromatic heterocycles. The molecular weight excluding hydrogens is 395 g/mol. The molecule has 9 nitrogen and oxygen atoms in total. The number of β-lactam (4-membered cyclic amide) rings is 1. The van der Waals surface area contributed by atoms with E-state index in [-0.39, 0.29) is 35.1 Å². The van der Waals surface area contributed by atoms with Crippen molar-refractivity contribution in [3.63, 3.8) is 0 Å². The number of carboxylic acids is 1. The summed E-state index contributed by atoms with van der Waals surface area (Å²) in [6.07, 6.45) is 3.35. The molecular formula is C14H11N2NaO7S2. The minimum Gasteiger partial charge on any atom is -0.543 e. The van der Waals surface area contributed by atoms with Gasteiger partial charge in [0.25, 0.3) is 5.91 Å². The van der Waals surface area contributed by atoms with Crippen molar-refractivity contribution < 1.29 is 61.1 Å². The average molecular weight is 406 g/mol. The molecule has 1 unspecified atom stereocenters. The predicted molar refractivity (Wildman–Crippen MR) is 83.5 cm³/mol. The number of aromatic nitrogens is 1. The summed E-state index contributed by atoms with van der Waals surface area (Å²) < 4.78 is 48.4. The van der Waals surface area contributed by atoms with E-state index in [0.29, 0.717) is 16.8 Å². The van der Waals surface area contributed by atoms with Crippen molar-refractivity contribution in [3.8, 4) is 0 Å². The first-order valence-electron chi connectivity index (χ1n) is 6.86. The zero-order valence-corrected chi connectivity index (χ0v) is 17.4. The topological polar surface area (TPSA) is 142 Å². The molecule has 0 spiro atoms. The molecule has 26 heavy (non-hydrogen) atoms. The summed E-state index contributed by atoms with van der Waals surface area (Å²) in [7, 11) is -8.30. The van der Waals surface area contributed by atoms with Gasteiger partial charge in [0.2, 0.25) is 0 Å². The minimum absolute atomic E-state index is 0. The maximum Gasteiger partial charge on any atom is 1.00 e. The largest absolute Gasteiger partial charge is 1.00 e. The number of pyridine rings is 1. The van der Waals surface area contributed by atoms with Crippen LogP contribution in [0.5, 0.6) is 0 Å². The first-order valence-corrected chi connectivity index (χ1v) is 10.5. The summed E-state index contributed by atoms with van der Waals surface area (Å²) in [5, 5.41) is 9.80. The van der Waals surface area contributed by atoms with Gasteiger partial charge >= 0.3 is 29.6 Å². The van der Waals surface area contributed by atoms with Crippen molar-refractivity contribution in [1.29, 1.82) is 0 Å². The van der Waals surface area contributed by atoms with Gasteiger partial charge in [-0.3, -0.25) is 14.7 Å². The molecule has 0 bridgehead atoms. The number of nitrogens with zero attached hydrogens (tertiary/aromatic N) is 2. The first-order chi connectivity index (χ1) is 11.5. The summed E-state index contributed by atoms with van der Waals surface area (Å²) >= 11 is 0. The number of hydrogen-bond acceptors (Lipinski definition) is 8. The smallest absolute Gasteiger partial charge is 0.543 e. The van der Waals surface area contributed by atoms with Crippen LogP contribution in [-0.2, 0) is 29.3 Å². The first kappa shape index (κ1) is 20.8. The fourth-order valence-corrected chi connectivity index (χ4v) is 6.33. The zero-order valence-electron chi connectivity index (χ0n) is 13.7. The van der Waals surface area contributed by atoms with E-state index in [4.69, 9.17) is 0 Å². The van der Waals surface area contributed by atoms with E-state index in [1.165, 1.54) is 18.3 Å². The van der Waals surface area contributed by atoms with Crippen LogP contribution in [0.2, 0.25) is 0 Å². The van der Waals surface area contributed by atoms with E-state index in [1.54, 1.807) is 12.1 Å². The number of amides is 1. The van der Waals surface area contributed by atoms with Crippen molar-refractivity contribution in [2.24, 2.45) is 0 Å². The number of aliphatic carboxylic acids is 1. The van der Waals surface area contributed by atoms with Crippen LogP contribution in [0.1, 0.15) is 5.69 Å². The Hall–Kier alpha value is -1.53. The van der Waals surface area contributed by atoms with Crippen LogP contribution in [0.4, 0.5) is 0 Å². The van der Waals surface area contributed by atoms with Crippen LogP contribution in [0.3, 0.4) is 0 Å². The second kappa shape index (κ2) is 6.89. The maximum absolute atomic E-state index is 12.4. The second-order valence-corrected chi connectivity index (χ2v) is 9.62. The number of hydrogen-bond donors (Lipinski definition) is 0. The Morgan fingerprint density at radius 3 is 2.54 bits per heavy atom. The second-order valence-electron chi connectivity index (χ2n) is 5.52. The number of rotatable bonds is 3. The van der Waals surface area contributed by atoms with Gasteiger partial charge in [0.15, 0.2) is 25.0 Å². The van der Waals surface area contributed by atoms with E-state index in [0.717, 1.165) is 0 Å². The van der Waals surface area contributed by atoms with Crippen molar-refractivity contribution in [3.05, 3.63) is 46.3 Å². The van der Waals surface area contributed by atoms with Crippen LogP contribution in [0, 0.1) is 0 Å². The molecule has 0 aromatic carbocycles. The SMILES string of the molecule is CS(=O)(=O)C1=C(C(=O)[O-])N2C(=O)/C(=C/c3ccccn3)C2S(=O)(=O)C1.[Na+]. The fourth-order valence-electron chi connectivity index (χ4n) is 2.71. The van der Waals surface area contributed by atoms with Gasteiger partial charge in [-0.25, -0.2) is 16.8 Å². The average Bonchev–Trinajstić information content (AvgIpc) is 2.51. The Bertz CT molecular complexity index is 1060.